The SMILES string of the molecule is NSc1ccc(CNC2CCCC2)cc1. The van der Waals surface area contributed by atoms with Crippen molar-refractivity contribution in [1.29, 1.82) is 0 Å². The van der Waals surface area contributed by atoms with Crippen molar-refractivity contribution >= 4 is 11.9 Å². The molecule has 3 heteroatoms. The molecule has 0 saturated heterocycles. The van der Waals surface area contributed by atoms with Gasteiger partial charge in [-0.05, 0) is 42.5 Å². The number of hydrogen-bond acceptors (Lipinski definition) is 3. The molecule has 0 aliphatic heterocycles. The van der Waals surface area contributed by atoms with Crippen molar-refractivity contribution in [1.82, 2.24) is 5.32 Å². The molecule has 2 nitrogen and oxygen atoms in total. The summed E-state index contributed by atoms with van der Waals surface area (Å²) in [5.41, 5.74) is 1.35. The molecule has 0 bridgehead atoms. The van der Waals surface area contributed by atoms with E-state index in [1.54, 1.807) is 0 Å². The molecule has 3 N–H and O–H groups in total. The molecule has 1 fully saturated rings. The lowest BCUT2D eigenvalue weighted by molar-refractivity contribution is 0.524. The maximum atomic E-state index is 5.47. The Morgan fingerprint density at radius 2 is 1.87 bits per heavy atom. The average molecular weight is 222 g/mol. The molecule has 0 atom stereocenters. The van der Waals surface area contributed by atoms with Gasteiger partial charge in [-0.1, -0.05) is 25.0 Å². The van der Waals surface area contributed by atoms with Crippen LogP contribution < -0.4 is 10.5 Å². The zero-order valence-electron chi connectivity index (χ0n) is 8.91. The van der Waals surface area contributed by atoms with Crippen LogP contribution in [-0.2, 0) is 6.54 Å². The highest BCUT2D eigenvalue weighted by Gasteiger charge is 2.13. The van der Waals surface area contributed by atoms with Gasteiger partial charge in [-0.15, -0.1) is 0 Å². The Morgan fingerprint density at radius 3 is 2.47 bits per heavy atom. The summed E-state index contributed by atoms with van der Waals surface area (Å²) in [5, 5.41) is 9.07. The van der Waals surface area contributed by atoms with Crippen LogP contribution in [0.4, 0.5) is 0 Å². The largest absolute Gasteiger partial charge is 0.310 e. The second-order valence-electron chi connectivity index (χ2n) is 4.12. The Bertz CT molecular complexity index is 291. The van der Waals surface area contributed by atoms with Crippen molar-refractivity contribution in [2.45, 2.75) is 43.2 Å². The van der Waals surface area contributed by atoms with Crippen LogP contribution in [0.3, 0.4) is 0 Å². The van der Waals surface area contributed by atoms with Crippen LogP contribution in [0, 0.1) is 0 Å². The first-order chi connectivity index (χ1) is 7.38. The minimum absolute atomic E-state index is 0.744. The lowest BCUT2D eigenvalue weighted by atomic mass is 10.2. The second kappa shape index (κ2) is 5.54. The number of benzene rings is 1. The van der Waals surface area contributed by atoms with E-state index in [0.717, 1.165) is 17.5 Å². The Kier molecular flexibility index (Phi) is 4.06. The summed E-state index contributed by atoms with van der Waals surface area (Å²) in [7, 11) is 0. The third kappa shape index (κ3) is 3.23. The van der Waals surface area contributed by atoms with Gasteiger partial charge in [0.1, 0.15) is 0 Å². The topological polar surface area (TPSA) is 38.0 Å². The van der Waals surface area contributed by atoms with Gasteiger partial charge in [-0.25, -0.2) is 0 Å². The fourth-order valence-electron chi connectivity index (χ4n) is 2.08. The number of nitrogens with two attached hydrogens (primary N) is 1. The first kappa shape index (κ1) is 11.0. The van der Waals surface area contributed by atoms with E-state index in [4.69, 9.17) is 5.14 Å². The minimum atomic E-state index is 0.744. The third-order valence-corrected chi connectivity index (χ3v) is 3.55. The Morgan fingerprint density at radius 1 is 1.20 bits per heavy atom. The molecule has 0 radical (unpaired) electrons. The third-order valence-electron chi connectivity index (χ3n) is 3.01. The summed E-state index contributed by atoms with van der Waals surface area (Å²) in [5.74, 6) is 0. The molecule has 1 aromatic carbocycles. The summed E-state index contributed by atoms with van der Waals surface area (Å²) in [6.07, 6.45) is 5.47. The highest BCUT2D eigenvalue weighted by molar-refractivity contribution is 7.97. The van der Waals surface area contributed by atoms with Crippen LogP contribution in [-0.4, -0.2) is 6.04 Å². The fourth-order valence-corrected chi connectivity index (χ4v) is 2.37. The van der Waals surface area contributed by atoms with E-state index in [-0.39, 0.29) is 0 Å². The van der Waals surface area contributed by atoms with Crippen molar-refractivity contribution < 1.29 is 0 Å². The second-order valence-corrected chi connectivity index (χ2v) is 4.83. The van der Waals surface area contributed by atoms with E-state index in [0.29, 0.717) is 0 Å². The predicted octanol–water partition coefficient (Wildman–Crippen LogP) is 2.68. The molecule has 1 aliphatic carbocycles. The molecule has 0 aromatic heterocycles. The van der Waals surface area contributed by atoms with Crippen LogP contribution in [0.25, 0.3) is 0 Å². The summed E-state index contributed by atoms with van der Waals surface area (Å²) < 4.78 is 0. The highest BCUT2D eigenvalue weighted by Crippen LogP contribution is 2.18. The molecule has 0 unspecified atom stereocenters. The molecule has 2 rings (SSSR count). The summed E-state index contributed by atoms with van der Waals surface area (Å²) in [6.45, 7) is 0.986. The fraction of sp³-hybridized carbons (Fsp3) is 0.500. The molecular formula is C12H18N2S. The maximum absolute atomic E-state index is 5.47. The Labute approximate surface area is 95.8 Å². The molecule has 0 spiro atoms. The van der Waals surface area contributed by atoms with Gasteiger partial charge in [-0.3, -0.25) is 5.14 Å². The molecule has 0 amide bonds. The Balaban J connectivity index is 1.82. The van der Waals surface area contributed by atoms with Gasteiger partial charge in [0.15, 0.2) is 0 Å². The van der Waals surface area contributed by atoms with Crippen LogP contribution in [0.1, 0.15) is 31.2 Å². The standard InChI is InChI=1S/C12H18N2S/c13-15-12-7-5-10(6-8-12)9-14-11-3-1-2-4-11/h5-8,11,14H,1-4,9,13H2. The predicted molar refractivity (Wildman–Crippen MR) is 65.6 cm³/mol. The highest BCUT2D eigenvalue weighted by atomic mass is 32.2. The molecule has 0 heterocycles. The average Bonchev–Trinajstić information content (AvgIpc) is 2.80. The van der Waals surface area contributed by atoms with Gasteiger partial charge in [0.05, 0.1) is 0 Å². The molecular weight excluding hydrogens is 204 g/mol. The molecule has 1 aromatic rings. The van der Waals surface area contributed by atoms with Crippen molar-refractivity contribution in [3.05, 3.63) is 29.8 Å². The number of hydrogen-bond donors (Lipinski definition) is 2. The molecule has 1 saturated carbocycles. The van der Waals surface area contributed by atoms with Crippen LogP contribution in [0.15, 0.2) is 29.2 Å². The first-order valence-electron chi connectivity index (χ1n) is 5.57. The van der Waals surface area contributed by atoms with Gasteiger partial charge < -0.3 is 5.32 Å². The number of nitrogens with one attached hydrogen (secondary N) is 1. The van der Waals surface area contributed by atoms with Crippen molar-refractivity contribution in [3.63, 3.8) is 0 Å². The van der Waals surface area contributed by atoms with Crippen molar-refractivity contribution in [2.75, 3.05) is 0 Å². The van der Waals surface area contributed by atoms with Gasteiger partial charge in [0, 0.05) is 17.5 Å². The zero-order chi connectivity index (χ0) is 10.5. The summed E-state index contributed by atoms with van der Waals surface area (Å²) >= 11 is 1.30. The van der Waals surface area contributed by atoms with Crippen LogP contribution >= 0.6 is 11.9 Å². The van der Waals surface area contributed by atoms with Gasteiger partial charge in [-0.2, -0.15) is 0 Å². The minimum Gasteiger partial charge on any atom is -0.310 e. The van der Waals surface area contributed by atoms with E-state index in [1.807, 2.05) is 0 Å². The molecule has 15 heavy (non-hydrogen) atoms. The molecule has 82 valence electrons. The Hall–Kier alpha value is -0.510. The monoisotopic (exact) mass is 222 g/mol. The normalized spacial score (nSPS) is 17.1. The zero-order valence-corrected chi connectivity index (χ0v) is 9.72. The van der Waals surface area contributed by atoms with Crippen molar-refractivity contribution in [2.24, 2.45) is 5.14 Å². The van der Waals surface area contributed by atoms with Crippen molar-refractivity contribution in [3.8, 4) is 0 Å². The van der Waals surface area contributed by atoms with E-state index in [1.165, 1.54) is 43.2 Å². The van der Waals surface area contributed by atoms with Crippen LogP contribution in [0.2, 0.25) is 0 Å². The lowest BCUT2D eigenvalue weighted by Crippen LogP contribution is -2.25. The summed E-state index contributed by atoms with van der Waals surface area (Å²) in [4.78, 5) is 1.12. The quantitative estimate of drug-likeness (QED) is 0.769. The maximum Gasteiger partial charge on any atom is 0.0226 e. The molecule has 1 aliphatic rings. The van der Waals surface area contributed by atoms with E-state index >= 15 is 0 Å². The lowest BCUT2D eigenvalue weighted by Gasteiger charge is -2.11. The van der Waals surface area contributed by atoms with E-state index < -0.39 is 0 Å². The number of rotatable bonds is 4. The summed E-state index contributed by atoms with van der Waals surface area (Å²) in [6, 6.07) is 9.20. The van der Waals surface area contributed by atoms with Crippen LogP contribution in [0.5, 0.6) is 0 Å². The van der Waals surface area contributed by atoms with E-state index in [2.05, 4.69) is 29.6 Å². The first-order valence-corrected chi connectivity index (χ1v) is 6.45. The van der Waals surface area contributed by atoms with Gasteiger partial charge in [0.25, 0.3) is 0 Å². The van der Waals surface area contributed by atoms with E-state index in [9.17, 15) is 0 Å². The van der Waals surface area contributed by atoms with Gasteiger partial charge >= 0.3 is 0 Å². The van der Waals surface area contributed by atoms with Gasteiger partial charge in [0.2, 0.25) is 0 Å². The smallest absolute Gasteiger partial charge is 0.0226 e.